The fourth-order valence-electron chi connectivity index (χ4n) is 0.870. The number of esters is 1. The minimum absolute atomic E-state index is 0.305. The van der Waals surface area contributed by atoms with Crippen molar-refractivity contribution in [2.24, 2.45) is 0 Å². The second-order valence-corrected chi connectivity index (χ2v) is 6.81. The fourth-order valence-corrected chi connectivity index (χ4v) is 1.92. The fraction of sp³-hybridized carbons (Fsp3) is 0.700. The summed E-state index contributed by atoms with van der Waals surface area (Å²) in [5.74, 6) is -0.305. The Labute approximate surface area is 92.5 Å². The highest BCUT2D eigenvalue weighted by atomic mass is 28.4. The molecule has 4 nitrogen and oxygen atoms in total. The van der Waals surface area contributed by atoms with Crippen molar-refractivity contribution in [3.8, 4) is 0 Å². The smallest absolute Gasteiger partial charge is 0.338 e. The molecule has 5 heteroatoms. The van der Waals surface area contributed by atoms with E-state index in [9.17, 15) is 4.79 Å². The summed E-state index contributed by atoms with van der Waals surface area (Å²) in [7, 11) is 1.16. The molecule has 0 aliphatic rings. The molecule has 0 saturated carbocycles. The molecule has 0 fully saturated rings. The molecule has 0 spiro atoms. The molecule has 0 N–H and O–H groups in total. The number of carbonyl (C=O) groups is 1. The van der Waals surface area contributed by atoms with Crippen molar-refractivity contribution in [1.29, 1.82) is 0 Å². The molecule has 0 aromatic heterocycles. The highest BCUT2D eigenvalue weighted by Gasteiger charge is 2.26. The normalized spacial score (nSPS) is 12.0. The van der Waals surface area contributed by atoms with Crippen molar-refractivity contribution >= 4 is 14.5 Å². The summed E-state index contributed by atoms with van der Waals surface area (Å²) in [5, 5.41) is 0. The van der Waals surface area contributed by atoms with Gasteiger partial charge in [0, 0.05) is 26.3 Å². The summed E-state index contributed by atoms with van der Waals surface area (Å²) in [6, 6.07) is 0.640. The molecule has 0 rings (SSSR count). The van der Waals surface area contributed by atoms with Crippen LogP contribution in [0.2, 0.25) is 12.6 Å². The van der Waals surface area contributed by atoms with E-state index in [1.54, 1.807) is 20.3 Å². The Morgan fingerprint density at radius 1 is 1.33 bits per heavy atom. The Morgan fingerprint density at radius 2 is 1.93 bits per heavy atom. The number of rotatable bonds is 7. The topological polar surface area (TPSA) is 44.8 Å². The molecule has 0 aromatic carbocycles. The van der Waals surface area contributed by atoms with Gasteiger partial charge in [-0.05, 0) is 13.0 Å². The lowest BCUT2D eigenvalue weighted by molar-refractivity contribution is -0.137. The van der Waals surface area contributed by atoms with Crippen LogP contribution >= 0.6 is 0 Å². The van der Waals surface area contributed by atoms with Crippen molar-refractivity contribution in [3.63, 3.8) is 0 Å². The van der Waals surface area contributed by atoms with Crippen LogP contribution in [0.15, 0.2) is 12.2 Å². The van der Waals surface area contributed by atoms with E-state index < -0.39 is 8.56 Å². The van der Waals surface area contributed by atoms with Gasteiger partial charge in [-0.15, -0.1) is 0 Å². The van der Waals surface area contributed by atoms with E-state index in [-0.39, 0.29) is 5.97 Å². The van der Waals surface area contributed by atoms with Crippen molar-refractivity contribution in [1.82, 2.24) is 0 Å². The largest absolute Gasteiger partial charge is 0.463 e. The minimum atomic E-state index is -2.09. The van der Waals surface area contributed by atoms with Crippen LogP contribution in [0, 0.1) is 0 Å². The standard InChI is InChI=1S/C10H20O4Si/c1-5-8-14-10(11)7-6-9-15(4,12-2)13-3/h6-7H,5,8-9H2,1-4H3. The first kappa shape index (κ1) is 14.3. The van der Waals surface area contributed by atoms with Crippen LogP contribution in [0.3, 0.4) is 0 Å². The molecule has 0 unspecified atom stereocenters. The maximum Gasteiger partial charge on any atom is 0.338 e. The van der Waals surface area contributed by atoms with Gasteiger partial charge in [0.1, 0.15) is 0 Å². The zero-order chi connectivity index (χ0) is 11.7. The first-order valence-corrected chi connectivity index (χ1v) is 7.54. The summed E-state index contributed by atoms with van der Waals surface area (Å²) in [5.41, 5.74) is 0. The average molecular weight is 232 g/mol. The molecule has 0 aromatic rings. The van der Waals surface area contributed by atoms with Gasteiger partial charge in [-0.25, -0.2) is 4.79 Å². The number of carbonyl (C=O) groups excluding carboxylic acids is 1. The van der Waals surface area contributed by atoms with Gasteiger partial charge in [0.25, 0.3) is 0 Å². The molecule has 0 atom stereocenters. The first-order chi connectivity index (χ1) is 7.08. The quantitative estimate of drug-likeness (QED) is 0.382. The molecule has 15 heavy (non-hydrogen) atoms. The molecule has 0 bridgehead atoms. The third-order valence-electron chi connectivity index (χ3n) is 2.05. The molecule has 0 heterocycles. The number of hydrogen-bond donors (Lipinski definition) is 0. The molecule has 0 aliphatic heterocycles. The maximum atomic E-state index is 11.1. The third-order valence-corrected chi connectivity index (χ3v) is 4.76. The van der Waals surface area contributed by atoms with E-state index in [0.717, 1.165) is 6.42 Å². The predicted molar refractivity (Wildman–Crippen MR) is 60.8 cm³/mol. The maximum absolute atomic E-state index is 11.1. The van der Waals surface area contributed by atoms with Gasteiger partial charge in [-0.3, -0.25) is 0 Å². The zero-order valence-electron chi connectivity index (χ0n) is 9.91. The molecule has 88 valence electrons. The van der Waals surface area contributed by atoms with Gasteiger partial charge in [-0.1, -0.05) is 13.0 Å². The van der Waals surface area contributed by atoms with Crippen LogP contribution in [0.25, 0.3) is 0 Å². The average Bonchev–Trinajstić information content (AvgIpc) is 2.26. The van der Waals surface area contributed by atoms with Gasteiger partial charge in [0.2, 0.25) is 0 Å². The first-order valence-electron chi connectivity index (χ1n) is 5.01. The lowest BCUT2D eigenvalue weighted by atomic mass is 10.5. The number of hydrogen-bond acceptors (Lipinski definition) is 4. The van der Waals surface area contributed by atoms with Gasteiger partial charge >= 0.3 is 14.5 Å². The Kier molecular flexibility index (Phi) is 7.28. The van der Waals surface area contributed by atoms with E-state index in [0.29, 0.717) is 12.7 Å². The summed E-state index contributed by atoms with van der Waals surface area (Å²) in [6.07, 6.45) is 4.01. The highest BCUT2D eigenvalue weighted by Crippen LogP contribution is 2.11. The van der Waals surface area contributed by atoms with Crippen molar-refractivity contribution in [2.45, 2.75) is 25.9 Å². The number of ether oxygens (including phenoxy) is 1. The number of allylic oxidation sites excluding steroid dienone is 1. The molecular formula is C10H20O4Si. The van der Waals surface area contributed by atoms with Crippen LogP contribution in [0.1, 0.15) is 13.3 Å². The summed E-state index contributed by atoms with van der Waals surface area (Å²) in [6.45, 7) is 4.36. The van der Waals surface area contributed by atoms with Crippen LogP contribution < -0.4 is 0 Å². The van der Waals surface area contributed by atoms with E-state index in [1.165, 1.54) is 6.08 Å². The lowest BCUT2D eigenvalue weighted by Crippen LogP contribution is -2.35. The van der Waals surface area contributed by atoms with Crippen molar-refractivity contribution in [2.75, 3.05) is 20.8 Å². The van der Waals surface area contributed by atoms with E-state index in [1.807, 2.05) is 13.5 Å². The SMILES string of the molecule is CCCOC(=O)C=CC[Si](C)(OC)OC. The lowest BCUT2D eigenvalue weighted by Gasteiger charge is -2.20. The van der Waals surface area contributed by atoms with Gasteiger partial charge in [0.15, 0.2) is 0 Å². The zero-order valence-corrected chi connectivity index (χ0v) is 10.9. The van der Waals surface area contributed by atoms with E-state index in [2.05, 4.69) is 0 Å². The van der Waals surface area contributed by atoms with Crippen LogP contribution in [0.4, 0.5) is 0 Å². The monoisotopic (exact) mass is 232 g/mol. The van der Waals surface area contributed by atoms with Gasteiger partial charge < -0.3 is 13.6 Å². The van der Waals surface area contributed by atoms with E-state index >= 15 is 0 Å². The van der Waals surface area contributed by atoms with Crippen LogP contribution in [-0.2, 0) is 18.4 Å². The summed E-state index contributed by atoms with van der Waals surface area (Å²) < 4.78 is 15.4. The second kappa shape index (κ2) is 7.61. The molecule has 0 radical (unpaired) electrons. The van der Waals surface area contributed by atoms with Crippen LogP contribution in [0.5, 0.6) is 0 Å². The van der Waals surface area contributed by atoms with Gasteiger partial charge in [-0.2, -0.15) is 0 Å². The Hall–Kier alpha value is -0.653. The van der Waals surface area contributed by atoms with E-state index in [4.69, 9.17) is 13.6 Å². The van der Waals surface area contributed by atoms with Crippen molar-refractivity contribution in [3.05, 3.63) is 12.2 Å². The van der Waals surface area contributed by atoms with Gasteiger partial charge in [0.05, 0.1) is 6.61 Å². The molecular weight excluding hydrogens is 212 g/mol. The summed E-state index contributed by atoms with van der Waals surface area (Å²) in [4.78, 5) is 11.1. The van der Waals surface area contributed by atoms with Crippen molar-refractivity contribution < 1.29 is 18.4 Å². The summed E-state index contributed by atoms with van der Waals surface area (Å²) >= 11 is 0. The van der Waals surface area contributed by atoms with Crippen LogP contribution in [-0.4, -0.2) is 35.4 Å². The third kappa shape index (κ3) is 6.43. The molecule has 0 aliphatic carbocycles. The Balaban J connectivity index is 3.92. The predicted octanol–water partition coefficient (Wildman–Crippen LogP) is 1.86. The Morgan fingerprint density at radius 3 is 2.40 bits per heavy atom. The second-order valence-electron chi connectivity index (χ2n) is 3.32. The Bertz CT molecular complexity index is 211. The minimum Gasteiger partial charge on any atom is -0.463 e. The molecule has 0 amide bonds. The highest BCUT2D eigenvalue weighted by molar-refractivity contribution is 6.66. The molecule has 0 saturated heterocycles.